The number of amides is 2. The van der Waals surface area contributed by atoms with Crippen LogP contribution in [0.25, 0.3) is 0 Å². The molecule has 0 atom stereocenters. The van der Waals surface area contributed by atoms with Gasteiger partial charge in [0, 0.05) is 9.26 Å². The number of nitrogens with zero attached hydrogens (tertiary/aromatic N) is 1. The van der Waals surface area contributed by atoms with Crippen molar-refractivity contribution in [3.8, 4) is 0 Å². The number of carbonyl (C=O) groups is 3. The van der Waals surface area contributed by atoms with E-state index in [9.17, 15) is 14.4 Å². The lowest BCUT2D eigenvalue weighted by atomic mass is 10.1. The highest BCUT2D eigenvalue weighted by Gasteiger charge is 2.36. The average molecular weight is 406 g/mol. The molecule has 6 heteroatoms. The number of benzene rings is 2. The highest BCUT2D eigenvalue weighted by Crippen LogP contribution is 2.28. The molecular formula is C16H11IN2O3. The number of rotatable bonds is 3. The Labute approximate surface area is 140 Å². The molecule has 1 N–H and O–H groups in total. The number of nitrogens with one attached hydrogen (secondary N) is 1. The van der Waals surface area contributed by atoms with Crippen LogP contribution in [0.1, 0.15) is 10.4 Å². The molecule has 5 nitrogen and oxygen atoms in total. The van der Waals surface area contributed by atoms with E-state index in [-0.39, 0.29) is 12.5 Å². The minimum atomic E-state index is -0.668. The number of hydrogen-bond donors (Lipinski definition) is 1. The predicted molar refractivity (Wildman–Crippen MR) is 90.9 cm³/mol. The Hall–Kier alpha value is -2.22. The van der Waals surface area contributed by atoms with Gasteiger partial charge in [-0.3, -0.25) is 19.3 Å². The molecule has 1 heterocycles. The zero-order valence-corrected chi connectivity index (χ0v) is 13.5. The summed E-state index contributed by atoms with van der Waals surface area (Å²) in [5.74, 6) is -1.59. The van der Waals surface area contributed by atoms with Crippen molar-refractivity contribution < 1.29 is 14.4 Å². The summed E-state index contributed by atoms with van der Waals surface area (Å²) in [4.78, 5) is 37.2. The lowest BCUT2D eigenvalue weighted by Gasteiger charge is -2.16. The number of carbonyl (C=O) groups excluding carboxylic acids is 3. The van der Waals surface area contributed by atoms with Crippen LogP contribution in [0.5, 0.6) is 0 Å². The molecule has 0 spiro atoms. The minimum absolute atomic E-state index is 0.187. The van der Waals surface area contributed by atoms with Gasteiger partial charge in [0.05, 0.1) is 11.3 Å². The Morgan fingerprint density at radius 2 is 1.73 bits per heavy atom. The van der Waals surface area contributed by atoms with Gasteiger partial charge in [-0.1, -0.05) is 12.1 Å². The first-order valence-electron chi connectivity index (χ1n) is 6.57. The molecule has 2 aromatic rings. The van der Waals surface area contributed by atoms with Crippen LogP contribution in [0.4, 0.5) is 11.4 Å². The van der Waals surface area contributed by atoms with E-state index >= 15 is 0 Å². The second-order valence-electron chi connectivity index (χ2n) is 4.79. The quantitative estimate of drug-likeness (QED) is 0.629. The standard InChI is InChI=1S/C16H11IN2O3/c17-10-5-7-11(8-6-10)18-14(20)9-19-13-4-2-1-3-12(13)15(21)16(19)22/h1-8H,9H2,(H,18,20). The van der Waals surface area contributed by atoms with Crippen LogP contribution in [-0.4, -0.2) is 24.1 Å². The molecule has 22 heavy (non-hydrogen) atoms. The molecule has 0 radical (unpaired) electrons. The van der Waals surface area contributed by atoms with E-state index in [1.807, 2.05) is 12.1 Å². The fourth-order valence-electron chi connectivity index (χ4n) is 2.28. The highest BCUT2D eigenvalue weighted by molar-refractivity contribution is 14.1. The van der Waals surface area contributed by atoms with Crippen LogP contribution in [0.3, 0.4) is 0 Å². The normalized spacial score (nSPS) is 13.2. The van der Waals surface area contributed by atoms with E-state index in [1.54, 1.807) is 36.4 Å². The molecular weight excluding hydrogens is 395 g/mol. The lowest BCUT2D eigenvalue weighted by molar-refractivity contribution is -0.118. The summed E-state index contributed by atoms with van der Waals surface area (Å²) < 4.78 is 1.06. The van der Waals surface area contributed by atoms with Crippen molar-refractivity contribution in [3.63, 3.8) is 0 Å². The minimum Gasteiger partial charge on any atom is -0.325 e. The molecule has 0 fully saturated rings. The van der Waals surface area contributed by atoms with E-state index in [0.29, 0.717) is 16.9 Å². The SMILES string of the molecule is O=C(CN1C(=O)C(=O)c2ccccc21)Nc1ccc(I)cc1. The third-order valence-corrected chi connectivity index (χ3v) is 4.03. The first kappa shape index (κ1) is 14.7. The number of para-hydroxylation sites is 1. The van der Waals surface area contributed by atoms with Crippen molar-refractivity contribution in [3.05, 3.63) is 57.7 Å². The van der Waals surface area contributed by atoms with Crippen molar-refractivity contribution in [1.82, 2.24) is 0 Å². The molecule has 0 aromatic heterocycles. The molecule has 0 unspecified atom stereocenters. The summed E-state index contributed by atoms with van der Waals surface area (Å²) in [5, 5.41) is 2.71. The monoisotopic (exact) mass is 406 g/mol. The Bertz CT molecular complexity index is 771. The Morgan fingerprint density at radius 1 is 1.05 bits per heavy atom. The van der Waals surface area contributed by atoms with Gasteiger partial charge < -0.3 is 5.32 Å². The molecule has 0 saturated heterocycles. The van der Waals surface area contributed by atoms with Gasteiger partial charge in [0.2, 0.25) is 5.91 Å². The van der Waals surface area contributed by atoms with E-state index in [0.717, 1.165) is 3.57 Å². The summed E-state index contributed by atoms with van der Waals surface area (Å²) in [6, 6.07) is 14.0. The van der Waals surface area contributed by atoms with Gasteiger partial charge >= 0.3 is 0 Å². The molecule has 3 rings (SSSR count). The van der Waals surface area contributed by atoms with Crippen LogP contribution in [0.15, 0.2) is 48.5 Å². The number of anilines is 2. The molecule has 2 aromatic carbocycles. The lowest BCUT2D eigenvalue weighted by Crippen LogP contribution is -2.37. The average Bonchev–Trinajstić information content (AvgIpc) is 2.75. The Kier molecular flexibility index (Phi) is 3.93. The Balaban J connectivity index is 1.76. The smallest absolute Gasteiger partial charge is 0.299 e. The van der Waals surface area contributed by atoms with Crippen LogP contribution in [0.2, 0.25) is 0 Å². The maximum Gasteiger partial charge on any atom is 0.299 e. The van der Waals surface area contributed by atoms with Gasteiger partial charge in [0.15, 0.2) is 0 Å². The van der Waals surface area contributed by atoms with Gasteiger partial charge in [0.25, 0.3) is 11.7 Å². The first-order chi connectivity index (χ1) is 10.6. The van der Waals surface area contributed by atoms with Crippen LogP contribution >= 0.6 is 22.6 Å². The second kappa shape index (κ2) is 5.88. The summed E-state index contributed by atoms with van der Waals surface area (Å²) in [7, 11) is 0. The fourth-order valence-corrected chi connectivity index (χ4v) is 2.64. The van der Waals surface area contributed by atoms with Crippen molar-refractivity contribution in [2.45, 2.75) is 0 Å². The van der Waals surface area contributed by atoms with Gasteiger partial charge in [-0.15, -0.1) is 0 Å². The van der Waals surface area contributed by atoms with Crippen molar-refractivity contribution in [2.75, 3.05) is 16.8 Å². The number of Topliss-reactive ketones (excluding diaryl/α,β-unsaturated/α-hetero) is 1. The summed E-state index contributed by atoms with van der Waals surface area (Å²) in [6.07, 6.45) is 0. The summed E-state index contributed by atoms with van der Waals surface area (Å²) in [6.45, 7) is -0.187. The van der Waals surface area contributed by atoms with Gasteiger partial charge in [0.1, 0.15) is 6.54 Å². The van der Waals surface area contributed by atoms with Crippen LogP contribution in [-0.2, 0) is 9.59 Å². The molecule has 0 saturated carbocycles. The van der Waals surface area contributed by atoms with E-state index in [2.05, 4.69) is 27.9 Å². The molecule has 110 valence electrons. The third kappa shape index (κ3) is 2.74. The zero-order chi connectivity index (χ0) is 15.7. The van der Waals surface area contributed by atoms with E-state index in [1.165, 1.54) is 4.90 Å². The number of hydrogen-bond acceptors (Lipinski definition) is 3. The van der Waals surface area contributed by atoms with Crippen LogP contribution < -0.4 is 10.2 Å². The largest absolute Gasteiger partial charge is 0.325 e. The summed E-state index contributed by atoms with van der Waals surface area (Å²) >= 11 is 2.17. The highest BCUT2D eigenvalue weighted by atomic mass is 127. The number of fused-ring (bicyclic) bond motifs is 1. The number of ketones is 1. The van der Waals surface area contributed by atoms with Gasteiger partial charge in [-0.05, 0) is 59.0 Å². The molecule has 1 aliphatic rings. The molecule has 0 bridgehead atoms. The van der Waals surface area contributed by atoms with E-state index < -0.39 is 11.7 Å². The molecule has 0 aliphatic carbocycles. The van der Waals surface area contributed by atoms with Crippen molar-refractivity contribution in [2.24, 2.45) is 0 Å². The first-order valence-corrected chi connectivity index (χ1v) is 7.65. The molecule has 1 aliphatic heterocycles. The van der Waals surface area contributed by atoms with Gasteiger partial charge in [-0.2, -0.15) is 0 Å². The predicted octanol–water partition coefficient (Wildman–Crippen LogP) is 2.46. The third-order valence-electron chi connectivity index (χ3n) is 3.31. The molecule has 2 amide bonds. The fraction of sp³-hybridized carbons (Fsp3) is 0.0625. The topological polar surface area (TPSA) is 66.5 Å². The zero-order valence-electron chi connectivity index (χ0n) is 11.4. The maximum atomic E-state index is 12.1. The second-order valence-corrected chi connectivity index (χ2v) is 6.04. The number of halogens is 1. The van der Waals surface area contributed by atoms with E-state index in [4.69, 9.17) is 0 Å². The van der Waals surface area contributed by atoms with Crippen LogP contribution in [0, 0.1) is 3.57 Å². The van der Waals surface area contributed by atoms with Crippen molar-refractivity contribution >= 4 is 51.6 Å². The maximum absolute atomic E-state index is 12.1. The van der Waals surface area contributed by atoms with Gasteiger partial charge in [-0.25, -0.2) is 0 Å². The summed E-state index contributed by atoms with van der Waals surface area (Å²) in [5.41, 5.74) is 1.47. The van der Waals surface area contributed by atoms with Crippen molar-refractivity contribution in [1.29, 1.82) is 0 Å². The Morgan fingerprint density at radius 3 is 2.45 bits per heavy atom.